The van der Waals surface area contributed by atoms with Gasteiger partial charge in [-0.1, -0.05) is 0 Å². The van der Waals surface area contributed by atoms with Crippen molar-refractivity contribution >= 4 is 17.5 Å². The third-order valence-electron chi connectivity index (χ3n) is 2.50. The smallest absolute Gasteiger partial charge is 0.246 e. The van der Waals surface area contributed by atoms with Gasteiger partial charge in [0.15, 0.2) is 0 Å². The van der Waals surface area contributed by atoms with Gasteiger partial charge in [-0.05, 0) is 12.1 Å². The van der Waals surface area contributed by atoms with Crippen molar-refractivity contribution in [2.45, 2.75) is 6.42 Å². The second kappa shape index (κ2) is 4.48. The van der Waals surface area contributed by atoms with Crippen molar-refractivity contribution in [3.05, 3.63) is 29.8 Å². The first-order valence-corrected chi connectivity index (χ1v) is 5.10. The lowest BCUT2D eigenvalue weighted by Gasteiger charge is -2.20. The number of hydrogen-bond donors (Lipinski definition) is 1. The van der Waals surface area contributed by atoms with Crippen LogP contribution in [0.1, 0.15) is 6.42 Å². The lowest BCUT2D eigenvalue weighted by molar-refractivity contribution is -0.123. The third kappa shape index (κ3) is 2.41. The minimum atomic E-state index is -0.686. The van der Waals surface area contributed by atoms with Gasteiger partial charge in [0.25, 0.3) is 0 Å². The van der Waals surface area contributed by atoms with E-state index in [1.165, 1.54) is 0 Å². The van der Waals surface area contributed by atoms with E-state index in [9.17, 15) is 18.4 Å². The Hall–Kier alpha value is -1.98. The molecule has 1 fully saturated rings. The number of benzene rings is 1. The maximum Gasteiger partial charge on any atom is 0.246 e. The van der Waals surface area contributed by atoms with Crippen LogP contribution >= 0.6 is 0 Å². The molecule has 2 rings (SSSR count). The summed E-state index contributed by atoms with van der Waals surface area (Å²) >= 11 is 0. The summed E-state index contributed by atoms with van der Waals surface area (Å²) in [4.78, 5) is 23.8. The summed E-state index contributed by atoms with van der Waals surface area (Å²) in [5.41, 5.74) is -0.133. The van der Waals surface area contributed by atoms with Crippen LogP contribution in [0.2, 0.25) is 0 Å². The van der Waals surface area contributed by atoms with E-state index in [-0.39, 0.29) is 31.1 Å². The number of rotatable bonds is 1. The van der Waals surface area contributed by atoms with E-state index in [1.807, 2.05) is 0 Å². The summed E-state index contributed by atoms with van der Waals surface area (Å²) in [6.07, 6.45) is 0.0711. The Bertz CT molecular complexity index is 477. The van der Waals surface area contributed by atoms with Gasteiger partial charge in [0.2, 0.25) is 11.8 Å². The predicted octanol–water partition coefficient (Wildman–Crippen LogP) is 0.818. The normalized spacial score (nSPS) is 16.7. The Balaban J connectivity index is 2.34. The van der Waals surface area contributed by atoms with Gasteiger partial charge in [-0.3, -0.25) is 9.59 Å². The van der Waals surface area contributed by atoms with Gasteiger partial charge >= 0.3 is 0 Å². The summed E-state index contributed by atoms with van der Waals surface area (Å²) in [5, 5.41) is 2.38. The van der Waals surface area contributed by atoms with Crippen molar-refractivity contribution in [3.63, 3.8) is 0 Å². The molecule has 1 aliphatic heterocycles. The average molecular weight is 240 g/mol. The molecule has 90 valence electrons. The minimum Gasteiger partial charge on any atom is -0.347 e. The maximum atomic E-state index is 13.5. The number of anilines is 1. The lowest BCUT2D eigenvalue weighted by atomic mass is 10.2. The molecule has 1 N–H and O–H groups in total. The zero-order chi connectivity index (χ0) is 12.4. The molecular weight excluding hydrogens is 230 g/mol. The van der Waals surface area contributed by atoms with Crippen molar-refractivity contribution in [2.24, 2.45) is 0 Å². The highest BCUT2D eigenvalue weighted by Gasteiger charge is 2.23. The highest BCUT2D eigenvalue weighted by atomic mass is 19.1. The Morgan fingerprint density at radius 3 is 2.76 bits per heavy atom. The van der Waals surface area contributed by atoms with Gasteiger partial charge in [-0.15, -0.1) is 0 Å². The van der Waals surface area contributed by atoms with Gasteiger partial charge in [0.05, 0.1) is 12.2 Å². The highest BCUT2D eigenvalue weighted by molar-refractivity contribution is 5.98. The Labute approximate surface area is 96.2 Å². The molecule has 1 saturated heterocycles. The first kappa shape index (κ1) is 11.5. The second-order valence-electron chi connectivity index (χ2n) is 3.67. The molecule has 1 aliphatic rings. The van der Waals surface area contributed by atoms with E-state index < -0.39 is 17.5 Å². The summed E-state index contributed by atoms with van der Waals surface area (Å²) in [6, 6.07) is 2.88. The molecule has 0 atom stereocenters. The summed E-state index contributed by atoms with van der Waals surface area (Å²) in [5.74, 6) is -2.05. The molecule has 1 aromatic carbocycles. The van der Waals surface area contributed by atoms with Crippen molar-refractivity contribution in [3.8, 4) is 0 Å². The van der Waals surface area contributed by atoms with E-state index in [1.54, 1.807) is 0 Å². The predicted molar refractivity (Wildman–Crippen MR) is 56.3 cm³/mol. The maximum absolute atomic E-state index is 13.5. The summed E-state index contributed by atoms with van der Waals surface area (Å²) in [7, 11) is 0. The SMILES string of the molecule is O=C1CCN(c2cc(F)ccc2F)C(=O)CN1. The summed E-state index contributed by atoms with van der Waals surface area (Å²) in [6.45, 7) is -0.153. The number of halogens is 2. The van der Waals surface area contributed by atoms with Crippen LogP contribution in [0.4, 0.5) is 14.5 Å². The van der Waals surface area contributed by atoms with E-state index in [0.29, 0.717) is 0 Å². The molecule has 6 heteroatoms. The molecule has 0 unspecified atom stereocenters. The van der Waals surface area contributed by atoms with Gasteiger partial charge in [-0.25, -0.2) is 8.78 Å². The Morgan fingerprint density at radius 2 is 2.00 bits per heavy atom. The number of carbonyl (C=O) groups is 2. The van der Waals surface area contributed by atoms with Crippen LogP contribution in [0.5, 0.6) is 0 Å². The standard InChI is InChI=1S/C11H10F2N2O2/c12-7-1-2-8(13)9(5-7)15-4-3-10(16)14-6-11(15)17/h1-2,5H,3-4,6H2,(H,14,16). The average Bonchev–Trinajstić information content (AvgIpc) is 2.46. The molecule has 4 nitrogen and oxygen atoms in total. The summed E-state index contributed by atoms with van der Waals surface area (Å²) < 4.78 is 26.5. The molecule has 0 saturated carbocycles. The van der Waals surface area contributed by atoms with Crippen LogP contribution in [0.25, 0.3) is 0 Å². The molecule has 1 heterocycles. The topological polar surface area (TPSA) is 49.4 Å². The monoisotopic (exact) mass is 240 g/mol. The van der Waals surface area contributed by atoms with Crippen LogP contribution in [0.3, 0.4) is 0 Å². The molecule has 2 amide bonds. The van der Waals surface area contributed by atoms with E-state index in [4.69, 9.17) is 0 Å². The first-order chi connectivity index (χ1) is 8.08. The van der Waals surface area contributed by atoms with Gasteiger partial charge in [0.1, 0.15) is 11.6 Å². The molecular formula is C11H10F2N2O2. The van der Waals surface area contributed by atoms with Crippen molar-refractivity contribution in [2.75, 3.05) is 18.0 Å². The lowest BCUT2D eigenvalue weighted by Crippen LogP contribution is -2.35. The molecule has 0 spiro atoms. The first-order valence-electron chi connectivity index (χ1n) is 5.10. The Kier molecular flexibility index (Phi) is 3.03. The highest BCUT2D eigenvalue weighted by Crippen LogP contribution is 2.21. The van der Waals surface area contributed by atoms with Crippen molar-refractivity contribution in [1.29, 1.82) is 0 Å². The molecule has 0 radical (unpaired) electrons. The van der Waals surface area contributed by atoms with Crippen LogP contribution in [0, 0.1) is 11.6 Å². The van der Waals surface area contributed by atoms with E-state index in [2.05, 4.69) is 5.32 Å². The fraction of sp³-hybridized carbons (Fsp3) is 0.273. The van der Waals surface area contributed by atoms with Gasteiger partial charge in [0, 0.05) is 19.0 Å². The molecule has 17 heavy (non-hydrogen) atoms. The quantitative estimate of drug-likeness (QED) is 0.790. The molecule has 0 aliphatic carbocycles. The van der Waals surface area contributed by atoms with Crippen LogP contribution in [0.15, 0.2) is 18.2 Å². The van der Waals surface area contributed by atoms with E-state index >= 15 is 0 Å². The number of nitrogens with zero attached hydrogens (tertiary/aromatic N) is 1. The molecule has 0 aromatic heterocycles. The minimum absolute atomic E-state index is 0.0467. The number of hydrogen-bond acceptors (Lipinski definition) is 2. The van der Waals surface area contributed by atoms with Gasteiger partial charge in [-0.2, -0.15) is 0 Å². The van der Waals surface area contributed by atoms with Crippen LogP contribution < -0.4 is 10.2 Å². The second-order valence-corrected chi connectivity index (χ2v) is 3.67. The largest absolute Gasteiger partial charge is 0.347 e. The fourth-order valence-corrected chi connectivity index (χ4v) is 1.64. The zero-order valence-corrected chi connectivity index (χ0v) is 8.87. The fourth-order valence-electron chi connectivity index (χ4n) is 1.64. The number of carbonyl (C=O) groups excluding carboxylic acids is 2. The van der Waals surface area contributed by atoms with Gasteiger partial charge < -0.3 is 10.2 Å². The molecule has 1 aromatic rings. The number of nitrogens with one attached hydrogen (secondary N) is 1. The third-order valence-corrected chi connectivity index (χ3v) is 2.50. The van der Waals surface area contributed by atoms with E-state index in [0.717, 1.165) is 23.1 Å². The zero-order valence-electron chi connectivity index (χ0n) is 8.87. The van der Waals surface area contributed by atoms with Crippen molar-refractivity contribution < 1.29 is 18.4 Å². The van der Waals surface area contributed by atoms with Crippen LogP contribution in [-0.4, -0.2) is 24.9 Å². The van der Waals surface area contributed by atoms with Crippen molar-refractivity contribution in [1.82, 2.24) is 5.32 Å². The van der Waals surface area contributed by atoms with Crippen LogP contribution in [-0.2, 0) is 9.59 Å². The Morgan fingerprint density at radius 1 is 1.24 bits per heavy atom. The molecule has 0 bridgehead atoms. The number of amides is 2.